The molecule has 1 atom stereocenters. The van der Waals surface area contributed by atoms with Gasteiger partial charge in [0.15, 0.2) is 11.5 Å². The number of rotatable bonds is 5. The first-order valence-corrected chi connectivity index (χ1v) is 10.1. The highest BCUT2D eigenvalue weighted by molar-refractivity contribution is 5.80. The van der Waals surface area contributed by atoms with Gasteiger partial charge in [0.05, 0.1) is 19.1 Å². The summed E-state index contributed by atoms with van der Waals surface area (Å²) in [6, 6.07) is 12.1. The highest BCUT2D eigenvalue weighted by atomic mass is 16.5. The molecule has 2 aromatic carbocycles. The van der Waals surface area contributed by atoms with Crippen LogP contribution in [0.5, 0.6) is 17.2 Å². The van der Waals surface area contributed by atoms with E-state index in [1.165, 1.54) is 5.56 Å². The Bertz CT molecular complexity index is 864. The predicted octanol–water partition coefficient (Wildman–Crippen LogP) is 3.62. The van der Waals surface area contributed by atoms with Gasteiger partial charge in [-0.15, -0.1) is 0 Å². The zero-order chi connectivity index (χ0) is 19.5. The molecule has 2 aromatic rings. The second-order valence-corrected chi connectivity index (χ2v) is 7.26. The number of para-hydroxylation sites is 1. The van der Waals surface area contributed by atoms with Gasteiger partial charge in [-0.3, -0.25) is 4.79 Å². The van der Waals surface area contributed by atoms with Crippen molar-refractivity contribution in [2.45, 2.75) is 33.2 Å². The number of nitrogens with zero attached hydrogens (tertiary/aromatic N) is 1. The average molecular weight is 381 g/mol. The highest BCUT2D eigenvalue weighted by Crippen LogP contribution is 2.35. The summed E-state index contributed by atoms with van der Waals surface area (Å²) in [7, 11) is 0. The quantitative estimate of drug-likeness (QED) is 0.794. The lowest BCUT2D eigenvalue weighted by Gasteiger charge is -2.34. The third kappa shape index (κ3) is 3.66. The number of amides is 1. The molecule has 0 aromatic heterocycles. The molecular formula is C23H27NO4. The molecule has 28 heavy (non-hydrogen) atoms. The van der Waals surface area contributed by atoms with E-state index in [2.05, 4.69) is 6.07 Å². The Morgan fingerprint density at radius 3 is 2.54 bits per heavy atom. The van der Waals surface area contributed by atoms with Gasteiger partial charge in [-0.1, -0.05) is 18.2 Å². The van der Waals surface area contributed by atoms with Gasteiger partial charge in [0, 0.05) is 13.1 Å². The van der Waals surface area contributed by atoms with E-state index < -0.39 is 0 Å². The van der Waals surface area contributed by atoms with E-state index in [0.29, 0.717) is 26.4 Å². The number of benzene rings is 2. The molecule has 0 spiro atoms. The molecule has 0 bridgehead atoms. The van der Waals surface area contributed by atoms with Gasteiger partial charge in [0.25, 0.3) is 0 Å². The van der Waals surface area contributed by atoms with Crippen LogP contribution in [-0.4, -0.2) is 37.2 Å². The van der Waals surface area contributed by atoms with Crippen molar-refractivity contribution in [2.24, 2.45) is 5.92 Å². The lowest BCUT2D eigenvalue weighted by atomic mass is 9.93. The molecule has 1 unspecified atom stereocenters. The van der Waals surface area contributed by atoms with Crippen LogP contribution in [0.2, 0.25) is 0 Å². The Morgan fingerprint density at radius 2 is 1.79 bits per heavy atom. The van der Waals surface area contributed by atoms with Gasteiger partial charge in [-0.05, 0) is 61.6 Å². The summed E-state index contributed by atoms with van der Waals surface area (Å²) in [6.07, 6.45) is 1.57. The van der Waals surface area contributed by atoms with Crippen LogP contribution >= 0.6 is 0 Å². The Hall–Kier alpha value is -2.69. The van der Waals surface area contributed by atoms with Crippen molar-refractivity contribution in [3.05, 3.63) is 53.1 Å². The van der Waals surface area contributed by atoms with Crippen LogP contribution in [0.15, 0.2) is 36.4 Å². The van der Waals surface area contributed by atoms with E-state index in [4.69, 9.17) is 14.2 Å². The summed E-state index contributed by atoms with van der Waals surface area (Å²) < 4.78 is 17.3. The van der Waals surface area contributed by atoms with Crippen LogP contribution in [-0.2, 0) is 24.2 Å². The van der Waals surface area contributed by atoms with Crippen LogP contribution < -0.4 is 14.2 Å². The van der Waals surface area contributed by atoms with Crippen LogP contribution in [0.4, 0.5) is 0 Å². The first kappa shape index (κ1) is 18.7. The third-order valence-electron chi connectivity index (χ3n) is 5.42. The van der Waals surface area contributed by atoms with Crippen molar-refractivity contribution in [3.8, 4) is 17.2 Å². The summed E-state index contributed by atoms with van der Waals surface area (Å²) in [5.74, 6) is 2.50. The molecule has 0 saturated carbocycles. The van der Waals surface area contributed by atoms with Crippen LogP contribution in [0.3, 0.4) is 0 Å². The fraction of sp³-hybridized carbons (Fsp3) is 0.435. The second kappa shape index (κ2) is 8.13. The van der Waals surface area contributed by atoms with Gasteiger partial charge < -0.3 is 19.1 Å². The summed E-state index contributed by atoms with van der Waals surface area (Å²) in [6.45, 7) is 6.91. The zero-order valence-corrected chi connectivity index (χ0v) is 16.6. The molecule has 0 radical (unpaired) electrons. The van der Waals surface area contributed by atoms with Crippen molar-refractivity contribution >= 4 is 5.91 Å². The summed E-state index contributed by atoms with van der Waals surface area (Å²) in [4.78, 5) is 15.1. The molecular weight excluding hydrogens is 354 g/mol. The lowest BCUT2D eigenvalue weighted by molar-refractivity contribution is -0.137. The molecule has 5 heteroatoms. The molecule has 0 aliphatic carbocycles. The smallest absolute Gasteiger partial charge is 0.229 e. The fourth-order valence-electron chi connectivity index (χ4n) is 4.03. The third-order valence-corrected chi connectivity index (χ3v) is 5.42. The van der Waals surface area contributed by atoms with Crippen molar-refractivity contribution in [1.82, 2.24) is 4.90 Å². The SMILES string of the molecule is CCOc1cc2c(cc1OCC)CN(C(=O)C1COc3ccccc3C1)CC2. The Balaban J connectivity index is 1.50. The average Bonchev–Trinajstić information content (AvgIpc) is 2.73. The lowest BCUT2D eigenvalue weighted by Crippen LogP contribution is -2.43. The Labute approximate surface area is 166 Å². The topological polar surface area (TPSA) is 48.0 Å². The normalized spacial score (nSPS) is 17.9. The molecule has 148 valence electrons. The number of carbonyl (C=O) groups is 1. The van der Waals surface area contributed by atoms with Gasteiger partial charge in [0.2, 0.25) is 5.91 Å². The van der Waals surface area contributed by atoms with Crippen molar-refractivity contribution < 1.29 is 19.0 Å². The molecule has 5 nitrogen and oxygen atoms in total. The van der Waals surface area contributed by atoms with E-state index in [-0.39, 0.29) is 11.8 Å². The van der Waals surface area contributed by atoms with E-state index >= 15 is 0 Å². The number of ether oxygens (including phenoxy) is 3. The van der Waals surface area contributed by atoms with Crippen molar-refractivity contribution in [2.75, 3.05) is 26.4 Å². The van der Waals surface area contributed by atoms with Gasteiger partial charge in [-0.2, -0.15) is 0 Å². The van der Waals surface area contributed by atoms with Gasteiger partial charge >= 0.3 is 0 Å². The molecule has 0 saturated heterocycles. The number of hydrogen-bond acceptors (Lipinski definition) is 4. The molecule has 2 aliphatic rings. The fourth-order valence-corrected chi connectivity index (χ4v) is 4.03. The maximum absolute atomic E-state index is 13.1. The van der Waals surface area contributed by atoms with E-state index in [9.17, 15) is 4.79 Å². The number of hydrogen-bond donors (Lipinski definition) is 0. The molecule has 4 rings (SSSR count). The van der Waals surface area contributed by atoms with Crippen LogP contribution in [0.25, 0.3) is 0 Å². The molecule has 0 fully saturated rings. The largest absolute Gasteiger partial charge is 0.492 e. The van der Waals surface area contributed by atoms with E-state index in [0.717, 1.165) is 47.8 Å². The molecule has 1 amide bonds. The van der Waals surface area contributed by atoms with Gasteiger partial charge in [0.1, 0.15) is 12.4 Å². The van der Waals surface area contributed by atoms with Crippen molar-refractivity contribution in [1.29, 1.82) is 0 Å². The minimum absolute atomic E-state index is 0.120. The van der Waals surface area contributed by atoms with Crippen molar-refractivity contribution in [3.63, 3.8) is 0 Å². The first-order valence-electron chi connectivity index (χ1n) is 10.1. The molecule has 2 aliphatic heterocycles. The minimum atomic E-state index is -0.120. The monoisotopic (exact) mass is 381 g/mol. The summed E-state index contributed by atoms with van der Waals surface area (Å²) in [5, 5.41) is 0. The standard InChI is InChI=1S/C23H27NO4/c1-3-26-21-12-16-9-10-24(14-18(16)13-22(21)27-4-2)23(25)19-11-17-7-5-6-8-20(17)28-15-19/h5-8,12-13,19H,3-4,9-11,14-15H2,1-2H3. The Kier molecular flexibility index (Phi) is 5.42. The van der Waals surface area contributed by atoms with E-state index in [1.54, 1.807) is 0 Å². The highest BCUT2D eigenvalue weighted by Gasteiger charge is 2.31. The van der Waals surface area contributed by atoms with Crippen LogP contribution in [0, 0.1) is 5.92 Å². The zero-order valence-electron chi connectivity index (χ0n) is 16.6. The molecule has 0 N–H and O–H groups in total. The molecule has 2 heterocycles. The minimum Gasteiger partial charge on any atom is -0.492 e. The maximum Gasteiger partial charge on any atom is 0.229 e. The maximum atomic E-state index is 13.1. The van der Waals surface area contributed by atoms with Crippen LogP contribution in [0.1, 0.15) is 30.5 Å². The number of carbonyl (C=O) groups excluding carboxylic acids is 1. The van der Waals surface area contributed by atoms with Gasteiger partial charge in [-0.25, -0.2) is 0 Å². The second-order valence-electron chi connectivity index (χ2n) is 7.26. The summed E-state index contributed by atoms with van der Waals surface area (Å²) in [5.41, 5.74) is 3.49. The van der Waals surface area contributed by atoms with E-state index in [1.807, 2.05) is 49.1 Å². The summed E-state index contributed by atoms with van der Waals surface area (Å²) >= 11 is 0. The predicted molar refractivity (Wildman–Crippen MR) is 107 cm³/mol. The first-order chi connectivity index (χ1) is 13.7. The Morgan fingerprint density at radius 1 is 1.07 bits per heavy atom. The number of fused-ring (bicyclic) bond motifs is 2.